The molecule has 2 heterocycles. The minimum atomic E-state index is 0.146. The molecule has 4 heteroatoms. The summed E-state index contributed by atoms with van der Waals surface area (Å²) in [5, 5.41) is 1.13. The summed E-state index contributed by atoms with van der Waals surface area (Å²) in [5.41, 5.74) is 7.84. The molecule has 1 saturated heterocycles. The highest BCUT2D eigenvalue weighted by Gasteiger charge is 2.42. The van der Waals surface area contributed by atoms with Crippen LogP contribution in [0.15, 0.2) is 0 Å². The Balaban J connectivity index is 1.76. The SMILES string of the molecule is Cc1nc(C)c(C(N)C2CCOC3(CCCC3)C2)s1. The van der Waals surface area contributed by atoms with Gasteiger partial charge in [0, 0.05) is 17.5 Å². The van der Waals surface area contributed by atoms with Gasteiger partial charge in [-0.2, -0.15) is 0 Å². The van der Waals surface area contributed by atoms with Crippen LogP contribution in [0.1, 0.15) is 60.1 Å². The maximum atomic E-state index is 6.55. The summed E-state index contributed by atoms with van der Waals surface area (Å²) in [6, 6.07) is 0.146. The molecule has 106 valence electrons. The number of rotatable bonds is 2. The molecule has 0 bridgehead atoms. The molecule has 2 unspecified atom stereocenters. The molecule has 19 heavy (non-hydrogen) atoms. The Hall–Kier alpha value is -0.450. The topological polar surface area (TPSA) is 48.1 Å². The van der Waals surface area contributed by atoms with Crippen LogP contribution in [0.2, 0.25) is 0 Å². The van der Waals surface area contributed by atoms with E-state index in [2.05, 4.69) is 18.8 Å². The summed E-state index contributed by atoms with van der Waals surface area (Å²) in [7, 11) is 0. The predicted molar refractivity (Wildman–Crippen MR) is 78.4 cm³/mol. The Morgan fingerprint density at radius 3 is 2.74 bits per heavy atom. The molecule has 2 N–H and O–H groups in total. The molecule has 0 aromatic carbocycles. The third-order valence-corrected chi connectivity index (χ3v) is 5.97. The van der Waals surface area contributed by atoms with Crippen molar-refractivity contribution < 1.29 is 4.74 Å². The van der Waals surface area contributed by atoms with E-state index in [4.69, 9.17) is 10.5 Å². The van der Waals surface area contributed by atoms with Crippen molar-refractivity contribution in [3.05, 3.63) is 15.6 Å². The number of aryl methyl sites for hydroxylation is 2. The number of ether oxygens (including phenoxy) is 1. The fourth-order valence-corrected chi connectivity index (χ4v) is 4.83. The average molecular weight is 280 g/mol. The molecular formula is C15H24N2OS. The minimum absolute atomic E-state index is 0.146. The smallest absolute Gasteiger partial charge is 0.0900 e. The van der Waals surface area contributed by atoms with Crippen molar-refractivity contribution in [2.45, 2.75) is 64.0 Å². The van der Waals surface area contributed by atoms with Crippen LogP contribution in [0, 0.1) is 19.8 Å². The summed E-state index contributed by atoms with van der Waals surface area (Å²) in [4.78, 5) is 5.81. The lowest BCUT2D eigenvalue weighted by molar-refractivity contribution is -0.0962. The van der Waals surface area contributed by atoms with Crippen molar-refractivity contribution in [1.82, 2.24) is 4.98 Å². The number of aromatic nitrogens is 1. The second kappa shape index (κ2) is 5.15. The Labute approximate surface area is 119 Å². The van der Waals surface area contributed by atoms with Gasteiger partial charge in [0.25, 0.3) is 0 Å². The third kappa shape index (κ3) is 2.58. The average Bonchev–Trinajstić information content (AvgIpc) is 2.96. The third-order valence-electron chi connectivity index (χ3n) is 4.80. The van der Waals surface area contributed by atoms with Crippen LogP contribution in [-0.4, -0.2) is 17.2 Å². The van der Waals surface area contributed by atoms with Gasteiger partial charge >= 0.3 is 0 Å². The van der Waals surface area contributed by atoms with Crippen molar-refractivity contribution in [3.63, 3.8) is 0 Å². The molecule has 2 aliphatic rings. The maximum absolute atomic E-state index is 6.55. The van der Waals surface area contributed by atoms with Crippen LogP contribution in [0.25, 0.3) is 0 Å². The number of hydrogen-bond acceptors (Lipinski definition) is 4. The van der Waals surface area contributed by atoms with Crippen molar-refractivity contribution in [1.29, 1.82) is 0 Å². The van der Waals surface area contributed by atoms with E-state index >= 15 is 0 Å². The van der Waals surface area contributed by atoms with Gasteiger partial charge in [0.1, 0.15) is 0 Å². The van der Waals surface area contributed by atoms with Crippen molar-refractivity contribution in [2.75, 3.05) is 6.61 Å². The number of thiazole rings is 1. The first-order valence-corrected chi connectivity index (χ1v) is 8.25. The molecule has 0 amide bonds. The quantitative estimate of drug-likeness (QED) is 0.902. The van der Waals surface area contributed by atoms with E-state index in [-0.39, 0.29) is 11.6 Å². The first-order chi connectivity index (χ1) is 9.10. The van der Waals surface area contributed by atoms with E-state index in [1.807, 2.05) is 0 Å². The molecule has 1 spiro atoms. The zero-order valence-corrected chi connectivity index (χ0v) is 12.8. The Bertz CT molecular complexity index is 451. The van der Waals surface area contributed by atoms with Crippen LogP contribution < -0.4 is 5.73 Å². The maximum Gasteiger partial charge on any atom is 0.0900 e. The largest absolute Gasteiger partial charge is 0.375 e. The van der Waals surface area contributed by atoms with E-state index in [1.54, 1.807) is 11.3 Å². The minimum Gasteiger partial charge on any atom is -0.375 e. The van der Waals surface area contributed by atoms with Crippen molar-refractivity contribution in [3.8, 4) is 0 Å². The molecule has 0 radical (unpaired) electrons. The lowest BCUT2D eigenvalue weighted by Crippen LogP contribution is -2.40. The second-order valence-electron chi connectivity index (χ2n) is 6.20. The molecular weight excluding hydrogens is 256 g/mol. The summed E-state index contributed by atoms with van der Waals surface area (Å²) >= 11 is 1.77. The van der Waals surface area contributed by atoms with Gasteiger partial charge in [-0.25, -0.2) is 4.98 Å². The van der Waals surface area contributed by atoms with Crippen LogP contribution in [0.4, 0.5) is 0 Å². The van der Waals surface area contributed by atoms with Gasteiger partial charge in [-0.15, -0.1) is 11.3 Å². The predicted octanol–water partition coefficient (Wildman–Crippen LogP) is 3.50. The van der Waals surface area contributed by atoms with Gasteiger partial charge < -0.3 is 10.5 Å². The molecule has 1 saturated carbocycles. The van der Waals surface area contributed by atoms with E-state index < -0.39 is 0 Å². The fraction of sp³-hybridized carbons (Fsp3) is 0.800. The zero-order valence-electron chi connectivity index (χ0n) is 11.9. The first kappa shape index (κ1) is 13.5. The Kier molecular flexibility index (Phi) is 3.67. The fourth-order valence-electron chi connectivity index (χ4n) is 3.81. The number of nitrogens with zero attached hydrogens (tertiary/aromatic N) is 1. The van der Waals surface area contributed by atoms with Crippen molar-refractivity contribution in [2.24, 2.45) is 11.7 Å². The number of nitrogens with two attached hydrogens (primary N) is 1. The lowest BCUT2D eigenvalue weighted by atomic mass is 9.80. The van der Waals surface area contributed by atoms with Gasteiger partial charge in [0.05, 0.1) is 16.3 Å². The van der Waals surface area contributed by atoms with E-state index in [1.165, 1.54) is 30.6 Å². The van der Waals surface area contributed by atoms with Crippen LogP contribution in [0.5, 0.6) is 0 Å². The van der Waals surface area contributed by atoms with E-state index in [0.29, 0.717) is 5.92 Å². The zero-order chi connectivity index (χ0) is 13.5. The van der Waals surface area contributed by atoms with Gasteiger partial charge in [-0.1, -0.05) is 12.8 Å². The summed E-state index contributed by atoms with van der Waals surface area (Å²) in [6.45, 7) is 5.04. The summed E-state index contributed by atoms with van der Waals surface area (Å²) in [6.07, 6.45) is 7.35. The number of hydrogen-bond donors (Lipinski definition) is 1. The van der Waals surface area contributed by atoms with Crippen molar-refractivity contribution >= 4 is 11.3 Å². The standard InChI is InChI=1S/C15H24N2OS/c1-10-14(19-11(2)17-10)13(16)12-5-8-18-15(9-12)6-3-4-7-15/h12-13H,3-9,16H2,1-2H3. The van der Waals surface area contributed by atoms with Crippen LogP contribution >= 0.6 is 11.3 Å². The highest BCUT2D eigenvalue weighted by Crippen LogP contribution is 2.45. The molecule has 1 aromatic heterocycles. The second-order valence-corrected chi connectivity index (χ2v) is 7.43. The molecule has 1 aliphatic heterocycles. The molecule has 1 aromatic rings. The molecule has 1 aliphatic carbocycles. The van der Waals surface area contributed by atoms with Crippen LogP contribution in [0.3, 0.4) is 0 Å². The first-order valence-electron chi connectivity index (χ1n) is 7.43. The molecule has 3 nitrogen and oxygen atoms in total. The van der Waals surface area contributed by atoms with Crippen LogP contribution in [-0.2, 0) is 4.74 Å². The molecule has 2 fully saturated rings. The lowest BCUT2D eigenvalue weighted by Gasteiger charge is -2.40. The van der Waals surface area contributed by atoms with Gasteiger partial charge in [-0.3, -0.25) is 0 Å². The highest BCUT2D eigenvalue weighted by atomic mass is 32.1. The van der Waals surface area contributed by atoms with Gasteiger partial charge in [-0.05, 0) is 45.4 Å². The monoisotopic (exact) mass is 280 g/mol. The Morgan fingerprint density at radius 2 is 2.11 bits per heavy atom. The van der Waals surface area contributed by atoms with E-state index in [9.17, 15) is 0 Å². The Morgan fingerprint density at radius 1 is 1.37 bits per heavy atom. The molecule has 2 atom stereocenters. The highest BCUT2D eigenvalue weighted by molar-refractivity contribution is 7.11. The summed E-state index contributed by atoms with van der Waals surface area (Å²) in [5.74, 6) is 0.561. The van der Waals surface area contributed by atoms with Gasteiger partial charge in [0.15, 0.2) is 0 Å². The molecule has 3 rings (SSSR count). The summed E-state index contributed by atoms with van der Waals surface area (Å²) < 4.78 is 6.11. The van der Waals surface area contributed by atoms with E-state index in [0.717, 1.165) is 30.2 Å². The normalized spacial score (nSPS) is 27.8. The van der Waals surface area contributed by atoms with Gasteiger partial charge in [0.2, 0.25) is 0 Å².